The van der Waals surface area contributed by atoms with Crippen molar-refractivity contribution in [1.82, 2.24) is 14.8 Å². The third-order valence-electron chi connectivity index (χ3n) is 7.60. The predicted octanol–water partition coefficient (Wildman–Crippen LogP) is 4.11. The molecule has 2 atom stereocenters. The van der Waals surface area contributed by atoms with Crippen molar-refractivity contribution in [2.75, 3.05) is 27.3 Å². The molecule has 1 aromatic heterocycles. The van der Waals surface area contributed by atoms with Crippen molar-refractivity contribution in [2.45, 2.75) is 24.9 Å². The maximum atomic E-state index is 13.9. The van der Waals surface area contributed by atoms with Crippen molar-refractivity contribution >= 4 is 22.7 Å². The molecule has 1 fully saturated rings. The summed E-state index contributed by atoms with van der Waals surface area (Å²) < 4.78 is 10.6. The Hall–Kier alpha value is -4.26. The molecule has 0 bridgehead atoms. The average Bonchev–Trinajstić information content (AvgIpc) is 3.32. The fourth-order valence-corrected chi connectivity index (χ4v) is 5.70. The minimum absolute atomic E-state index is 0.00237. The van der Waals surface area contributed by atoms with Crippen LogP contribution >= 0.6 is 0 Å². The molecule has 7 nitrogen and oxygen atoms in total. The Morgan fingerprint density at radius 1 is 0.892 bits per heavy atom. The van der Waals surface area contributed by atoms with E-state index in [0.29, 0.717) is 19.4 Å². The Morgan fingerprint density at radius 3 is 2.27 bits per heavy atom. The van der Waals surface area contributed by atoms with Gasteiger partial charge in [0.05, 0.1) is 26.8 Å². The predicted molar refractivity (Wildman–Crippen MR) is 141 cm³/mol. The maximum Gasteiger partial charge on any atom is 0.246 e. The third-order valence-corrected chi connectivity index (χ3v) is 7.60. The smallest absolute Gasteiger partial charge is 0.246 e. The van der Waals surface area contributed by atoms with Crippen molar-refractivity contribution in [1.29, 1.82) is 0 Å². The standard InChI is InChI=1S/C30H29N3O4/c1-36-21-11-7-19(8-12-21)15-16-32-18-27(34)33-26(30(32)35)17-24-23-5-3-4-6-25(23)31-28(24)29(33)20-9-13-22(37-2)14-10-20/h3-14,26,29,31H,15-18H2,1-2H3/t26-,29+/m0/s1. The third kappa shape index (κ3) is 4.00. The Balaban J connectivity index is 1.35. The van der Waals surface area contributed by atoms with Crippen molar-refractivity contribution in [3.8, 4) is 11.5 Å². The van der Waals surface area contributed by atoms with Crippen LogP contribution in [0.1, 0.15) is 28.4 Å². The van der Waals surface area contributed by atoms with E-state index < -0.39 is 6.04 Å². The molecule has 0 aliphatic carbocycles. The van der Waals surface area contributed by atoms with Gasteiger partial charge in [0.1, 0.15) is 17.5 Å². The highest BCUT2D eigenvalue weighted by Gasteiger charge is 2.48. The molecule has 0 unspecified atom stereocenters. The number of nitrogens with zero attached hydrogens (tertiary/aromatic N) is 2. The zero-order valence-corrected chi connectivity index (χ0v) is 20.9. The highest BCUT2D eigenvalue weighted by atomic mass is 16.5. The topological polar surface area (TPSA) is 74.9 Å². The number of para-hydroxylation sites is 1. The number of fused-ring (bicyclic) bond motifs is 4. The molecule has 1 N–H and O–H groups in total. The first kappa shape index (κ1) is 23.2. The van der Waals surface area contributed by atoms with Crippen LogP contribution in [-0.4, -0.2) is 59.9 Å². The molecule has 2 aliphatic rings. The van der Waals surface area contributed by atoms with E-state index in [4.69, 9.17) is 9.47 Å². The van der Waals surface area contributed by atoms with Gasteiger partial charge in [-0.05, 0) is 53.4 Å². The number of hydrogen-bond acceptors (Lipinski definition) is 4. The quantitative estimate of drug-likeness (QED) is 0.437. The van der Waals surface area contributed by atoms with Gasteiger partial charge in [-0.25, -0.2) is 0 Å². The van der Waals surface area contributed by atoms with E-state index in [0.717, 1.165) is 44.8 Å². The van der Waals surface area contributed by atoms with E-state index >= 15 is 0 Å². The van der Waals surface area contributed by atoms with E-state index in [1.54, 1.807) is 24.0 Å². The van der Waals surface area contributed by atoms with Gasteiger partial charge in [-0.3, -0.25) is 9.59 Å². The highest BCUT2D eigenvalue weighted by molar-refractivity contribution is 5.97. The number of methoxy groups -OCH3 is 2. The molecule has 0 radical (unpaired) electrons. The van der Waals surface area contributed by atoms with E-state index in [9.17, 15) is 9.59 Å². The number of aromatic amines is 1. The number of carbonyl (C=O) groups excluding carboxylic acids is 2. The molecule has 1 saturated heterocycles. The van der Waals surface area contributed by atoms with Crippen LogP contribution in [-0.2, 0) is 22.4 Å². The van der Waals surface area contributed by atoms with Crippen LogP contribution in [0.5, 0.6) is 11.5 Å². The second-order valence-corrected chi connectivity index (χ2v) is 9.62. The number of rotatable bonds is 6. The van der Waals surface area contributed by atoms with Crippen LogP contribution < -0.4 is 9.47 Å². The molecule has 7 heteroatoms. The highest BCUT2D eigenvalue weighted by Crippen LogP contribution is 2.42. The zero-order chi connectivity index (χ0) is 25.5. The number of amides is 2. The Morgan fingerprint density at radius 2 is 1.57 bits per heavy atom. The molecule has 6 rings (SSSR count). The van der Waals surface area contributed by atoms with E-state index in [1.807, 2.05) is 66.7 Å². The number of H-pyrrole nitrogens is 1. The van der Waals surface area contributed by atoms with Crippen LogP contribution in [0.15, 0.2) is 72.8 Å². The average molecular weight is 496 g/mol. The first-order chi connectivity index (χ1) is 18.1. The summed E-state index contributed by atoms with van der Waals surface area (Å²) in [6.07, 6.45) is 1.17. The van der Waals surface area contributed by atoms with Gasteiger partial charge < -0.3 is 24.3 Å². The molecule has 2 aliphatic heterocycles. The summed E-state index contributed by atoms with van der Waals surface area (Å²) >= 11 is 0. The molecule has 0 saturated carbocycles. The lowest BCUT2D eigenvalue weighted by atomic mass is 9.86. The minimum Gasteiger partial charge on any atom is -0.497 e. The molecule has 188 valence electrons. The fraction of sp³-hybridized carbons (Fsp3) is 0.267. The van der Waals surface area contributed by atoms with Crippen LogP contribution in [0.2, 0.25) is 0 Å². The number of benzene rings is 3. The van der Waals surface area contributed by atoms with Gasteiger partial charge >= 0.3 is 0 Å². The number of hydrogen-bond donors (Lipinski definition) is 1. The van der Waals surface area contributed by atoms with Crippen LogP contribution in [0, 0.1) is 0 Å². The van der Waals surface area contributed by atoms with Crippen molar-refractivity contribution in [3.05, 3.63) is 95.2 Å². The Kier molecular flexibility index (Phi) is 5.83. The van der Waals surface area contributed by atoms with Crippen molar-refractivity contribution < 1.29 is 19.1 Å². The lowest BCUT2D eigenvalue weighted by Crippen LogP contribution is -2.63. The van der Waals surface area contributed by atoms with Crippen molar-refractivity contribution in [3.63, 3.8) is 0 Å². The van der Waals surface area contributed by atoms with Gasteiger partial charge in [0.25, 0.3) is 0 Å². The largest absolute Gasteiger partial charge is 0.497 e. The first-order valence-electron chi connectivity index (χ1n) is 12.5. The van der Waals surface area contributed by atoms with Gasteiger partial charge in [0, 0.05) is 29.6 Å². The van der Waals surface area contributed by atoms with Crippen LogP contribution in [0.4, 0.5) is 0 Å². The number of aromatic nitrogens is 1. The normalized spacial score (nSPS) is 19.1. The number of ether oxygens (including phenoxy) is 2. The van der Waals surface area contributed by atoms with Gasteiger partial charge in [-0.1, -0.05) is 42.5 Å². The van der Waals surface area contributed by atoms with E-state index in [2.05, 4.69) is 11.1 Å². The summed E-state index contributed by atoms with van der Waals surface area (Å²) in [5, 5.41) is 1.10. The maximum absolute atomic E-state index is 13.9. The Bertz CT molecular complexity index is 1460. The van der Waals surface area contributed by atoms with Gasteiger partial charge in [-0.15, -0.1) is 0 Å². The molecule has 4 aromatic rings. The van der Waals surface area contributed by atoms with E-state index in [1.165, 1.54) is 0 Å². The zero-order valence-electron chi connectivity index (χ0n) is 20.9. The fourth-order valence-electron chi connectivity index (χ4n) is 5.70. The van der Waals surface area contributed by atoms with Crippen molar-refractivity contribution in [2.24, 2.45) is 0 Å². The second kappa shape index (κ2) is 9.32. The summed E-state index contributed by atoms with van der Waals surface area (Å²) in [6.45, 7) is 0.572. The van der Waals surface area contributed by atoms with Gasteiger partial charge in [0.15, 0.2) is 0 Å². The van der Waals surface area contributed by atoms with Crippen LogP contribution in [0.25, 0.3) is 10.9 Å². The first-order valence-corrected chi connectivity index (χ1v) is 12.5. The molecular formula is C30H29N3O4. The summed E-state index contributed by atoms with van der Waals surface area (Å²) in [5.74, 6) is 1.51. The summed E-state index contributed by atoms with van der Waals surface area (Å²) in [4.78, 5) is 34.6. The monoisotopic (exact) mass is 495 g/mol. The summed E-state index contributed by atoms with van der Waals surface area (Å²) in [6, 6.07) is 22.8. The minimum atomic E-state index is -0.545. The SMILES string of the molecule is COc1ccc(CCN2CC(=O)N3[C@H](c4ccc(OC)cc4)c4[nH]c5ccccc5c4C[C@H]3C2=O)cc1. The summed E-state index contributed by atoms with van der Waals surface area (Å²) in [5.41, 5.74) is 5.15. The molecule has 3 aromatic carbocycles. The molecule has 2 amide bonds. The number of nitrogens with one attached hydrogen (secondary N) is 1. The number of piperazine rings is 1. The molecule has 37 heavy (non-hydrogen) atoms. The lowest BCUT2D eigenvalue weighted by molar-refractivity contribution is -0.158. The Labute approximate surface area is 215 Å². The number of carbonyl (C=O) groups is 2. The second-order valence-electron chi connectivity index (χ2n) is 9.62. The van der Waals surface area contributed by atoms with Crippen LogP contribution in [0.3, 0.4) is 0 Å². The molecule has 3 heterocycles. The molecular weight excluding hydrogens is 466 g/mol. The lowest BCUT2D eigenvalue weighted by Gasteiger charge is -2.47. The van der Waals surface area contributed by atoms with E-state index in [-0.39, 0.29) is 24.4 Å². The van der Waals surface area contributed by atoms with Gasteiger partial charge in [0.2, 0.25) is 11.8 Å². The molecule has 0 spiro atoms. The summed E-state index contributed by atoms with van der Waals surface area (Å²) in [7, 11) is 3.27. The van der Waals surface area contributed by atoms with Gasteiger partial charge in [-0.2, -0.15) is 0 Å².